The zero-order chi connectivity index (χ0) is 25.4. The molecule has 3 N–H and O–H groups in total. The Bertz CT molecular complexity index is 1220. The molecule has 35 heavy (non-hydrogen) atoms. The number of ether oxygens (including phenoxy) is 1. The molecule has 0 saturated carbocycles. The molecule has 3 aromatic rings. The van der Waals surface area contributed by atoms with E-state index in [4.69, 9.17) is 10.5 Å². The maximum absolute atomic E-state index is 13.2. The quantitative estimate of drug-likeness (QED) is 0.309. The summed E-state index contributed by atoms with van der Waals surface area (Å²) in [5.74, 6) is -0.482. The van der Waals surface area contributed by atoms with Gasteiger partial charge in [0.25, 0.3) is 0 Å². The van der Waals surface area contributed by atoms with E-state index in [0.29, 0.717) is 5.03 Å². The molecule has 0 saturated heterocycles. The molecule has 2 aromatic carbocycles. The Hall–Kier alpha value is -3.62. The number of nitrogens with two attached hydrogens (primary N) is 1. The molecule has 0 radical (unpaired) electrons. The Kier molecular flexibility index (Phi) is 8.68. The first-order chi connectivity index (χ1) is 16.7. The highest BCUT2D eigenvalue weighted by Gasteiger charge is 2.31. The number of nitrogens with zero attached hydrogens (tertiary/aromatic N) is 3. The highest BCUT2D eigenvalue weighted by atomic mass is 32.2. The normalized spacial score (nSPS) is 12.1. The van der Waals surface area contributed by atoms with E-state index >= 15 is 0 Å². The number of thioether (sulfide) groups is 1. The lowest BCUT2D eigenvalue weighted by Crippen LogP contribution is -2.36. The minimum Gasteiger partial charge on any atom is -0.374 e. The summed E-state index contributed by atoms with van der Waals surface area (Å²) in [4.78, 5) is 21.3. The number of nitrogens with one attached hydrogen (secondary N) is 1. The van der Waals surface area contributed by atoms with Crippen molar-refractivity contribution in [1.82, 2.24) is 9.97 Å². The monoisotopic (exact) mass is 501 g/mol. The van der Waals surface area contributed by atoms with Gasteiger partial charge < -0.3 is 15.8 Å². The van der Waals surface area contributed by atoms with Crippen LogP contribution in [0, 0.1) is 11.3 Å². The van der Waals surface area contributed by atoms with Crippen LogP contribution in [0.2, 0.25) is 0 Å². The lowest BCUT2D eigenvalue weighted by molar-refractivity contribution is -0.137. The van der Waals surface area contributed by atoms with Crippen molar-refractivity contribution in [3.8, 4) is 6.07 Å². The van der Waals surface area contributed by atoms with Gasteiger partial charge in [0.1, 0.15) is 22.7 Å². The third kappa shape index (κ3) is 7.18. The summed E-state index contributed by atoms with van der Waals surface area (Å²) >= 11 is 1.19. The van der Waals surface area contributed by atoms with Crippen LogP contribution in [0.1, 0.15) is 22.3 Å². The standard InChI is InChI=1S/C24H22F3N5O2S/c1-35-22-18(12-28)21(31-23(29)32-22)30-19(14-34-13-15-6-3-2-4-7-15)20(33)11-16-8-5-9-17(10-16)24(25,26)27/h2-10,19H,11,13-14H2,1H3,(H3,29,30,31,32)/t19-/m0/s1. The number of halogens is 3. The van der Waals surface area contributed by atoms with E-state index in [0.717, 1.165) is 17.7 Å². The van der Waals surface area contributed by atoms with Gasteiger partial charge >= 0.3 is 6.18 Å². The van der Waals surface area contributed by atoms with Crippen molar-refractivity contribution in [2.24, 2.45) is 0 Å². The van der Waals surface area contributed by atoms with Gasteiger partial charge in [-0.1, -0.05) is 48.5 Å². The van der Waals surface area contributed by atoms with E-state index in [-0.39, 0.29) is 42.5 Å². The van der Waals surface area contributed by atoms with Crippen LogP contribution in [0.15, 0.2) is 59.6 Å². The molecule has 1 heterocycles. The fourth-order valence-electron chi connectivity index (χ4n) is 3.24. The predicted octanol–water partition coefficient (Wildman–Crippen LogP) is 4.48. The number of carbonyl (C=O) groups is 1. The average Bonchev–Trinajstić information content (AvgIpc) is 2.83. The Morgan fingerprint density at radius 1 is 1.17 bits per heavy atom. The highest BCUT2D eigenvalue weighted by molar-refractivity contribution is 7.98. The first kappa shape index (κ1) is 26.0. The van der Waals surface area contributed by atoms with Gasteiger partial charge in [-0.3, -0.25) is 4.79 Å². The van der Waals surface area contributed by atoms with Gasteiger partial charge in [0.2, 0.25) is 5.95 Å². The molecule has 0 bridgehead atoms. The van der Waals surface area contributed by atoms with Crippen LogP contribution in [0.5, 0.6) is 0 Å². The first-order valence-electron chi connectivity index (χ1n) is 10.4. The second kappa shape index (κ2) is 11.7. The van der Waals surface area contributed by atoms with Gasteiger partial charge in [0, 0.05) is 6.42 Å². The van der Waals surface area contributed by atoms with Gasteiger partial charge in [0.15, 0.2) is 11.6 Å². The topological polar surface area (TPSA) is 114 Å². The summed E-state index contributed by atoms with van der Waals surface area (Å²) in [6.07, 6.45) is -3.09. The van der Waals surface area contributed by atoms with Crippen LogP contribution in [0.3, 0.4) is 0 Å². The van der Waals surface area contributed by atoms with E-state index in [1.54, 1.807) is 6.26 Å². The van der Waals surface area contributed by atoms with Crippen LogP contribution in [-0.4, -0.2) is 34.7 Å². The number of nitrogen functional groups attached to an aromatic ring is 1. The van der Waals surface area contributed by atoms with E-state index in [2.05, 4.69) is 15.3 Å². The molecule has 0 aliphatic heterocycles. The largest absolute Gasteiger partial charge is 0.416 e. The summed E-state index contributed by atoms with van der Waals surface area (Å²) < 4.78 is 45.0. The molecular formula is C24H22F3N5O2S. The number of hydrogen-bond donors (Lipinski definition) is 2. The molecule has 0 amide bonds. The number of aromatic nitrogens is 2. The fourth-order valence-corrected chi connectivity index (χ4v) is 3.77. The molecule has 1 atom stereocenters. The molecule has 0 spiro atoms. The minimum atomic E-state index is -4.52. The minimum absolute atomic E-state index is 0.0510. The van der Waals surface area contributed by atoms with Gasteiger partial charge in [0.05, 0.1) is 18.8 Å². The summed E-state index contributed by atoms with van der Waals surface area (Å²) in [5.41, 5.74) is 6.10. The van der Waals surface area contributed by atoms with Gasteiger partial charge in [-0.25, -0.2) is 4.98 Å². The van der Waals surface area contributed by atoms with Crippen molar-refractivity contribution in [3.63, 3.8) is 0 Å². The molecule has 0 fully saturated rings. The van der Waals surface area contributed by atoms with Crippen LogP contribution >= 0.6 is 11.8 Å². The Balaban J connectivity index is 1.84. The highest BCUT2D eigenvalue weighted by Crippen LogP contribution is 2.30. The maximum atomic E-state index is 13.2. The number of nitriles is 1. The Labute approximate surface area is 204 Å². The summed E-state index contributed by atoms with van der Waals surface area (Å²) in [6, 6.07) is 14.8. The summed E-state index contributed by atoms with van der Waals surface area (Å²) in [5, 5.41) is 12.8. The molecule has 182 valence electrons. The second-order valence-corrected chi connectivity index (χ2v) is 8.26. The van der Waals surface area contributed by atoms with Crippen molar-refractivity contribution in [1.29, 1.82) is 5.26 Å². The number of anilines is 2. The molecule has 0 aliphatic carbocycles. The Morgan fingerprint density at radius 2 is 1.89 bits per heavy atom. The van der Waals surface area contributed by atoms with Gasteiger partial charge in [-0.15, -0.1) is 11.8 Å². The SMILES string of the molecule is CSc1nc(N)nc(N[C@@H](COCc2ccccc2)C(=O)Cc2cccc(C(F)(F)F)c2)c1C#N. The zero-order valence-corrected chi connectivity index (χ0v) is 19.5. The van der Waals surface area contributed by atoms with Crippen LogP contribution < -0.4 is 11.1 Å². The number of hydrogen-bond acceptors (Lipinski definition) is 8. The molecule has 0 aliphatic rings. The predicted molar refractivity (Wildman–Crippen MR) is 127 cm³/mol. The van der Waals surface area contributed by atoms with Crippen molar-refractivity contribution in [2.75, 3.05) is 23.9 Å². The molecule has 7 nitrogen and oxygen atoms in total. The van der Waals surface area contributed by atoms with Crippen molar-refractivity contribution in [2.45, 2.75) is 30.3 Å². The van der Waals surface area contributed by atoms with Gasteiger partial charge in [-0.2, -0.15) is 23.4 Å². The molecule has 1 aromatic heterocycles. The van der Waals surface area contributed by atoms with Crippen LogP contribution in [0.25, 0.3) is 0 Å². The number of rotatable bonds is 10. The van der Waals surface area contributed by atoms with E-state index in [1.165, 1.54) is 23.9 Å². The Morgan fingerprint density at radius 3 is 2.54 bits per heavy atom. The van der Waals surface area contributed by atoms with Crippen molar-refractivity contribution in [3.05, 3.63) is 76.9 Å². The first-order valence-corrected chi connectivity index (χ1v) is 11.6. The lowest BCUT2D eigenvalue weighted by atomic mass is 10.0. The molecular weight excluding hydrogens is 479 g/mol. The third-order valence-corrected chi connectivity index (χ3v) is 5.61. The number of carbonyl (C=O) groups excluding carboxylic acids is 1. The zero-order valence-electron chi connectivity index (χ0n) is 18.7. The van der Waals surface area contributed by atoms with E-state index in [9.17, 15) is 23.2 Å². The molecule has 3 rings (SSSR count). The number of alkyl halides is 3. The smallest absolute Gasteiger partial charge is 0.374 e. The van der Waals surface area contributed by atoms with Gasteiger partial charge in [-0.05, 0) is 23.4 Å². The maximum Gasteiger partial charge on any atom is 0.416 e. The number of ketones is 1. The third-order valence-electron chi connectivity index (χ3n) is 4.93. The van der Waals surface area contributed by atoms with E-state index in [1.807, 2.05) is 36.4 Å². The molecule has 11 heteroatoms. The summed E-state index contributed by atoms with van der Waals surface area (Å²) in [7, 11) is 0. The van der Waals surface area contributed by atoms with Crippen LogP contribution in [0.4, 0.5) is 24.9 Å². The summed E-state index contributed by atoms with van der Waals surface area (Å²) in [6.45, 7) is 0.0962. The average molecular weight is 502 g/mol. The van der Waals surface area contributed by atoms with Crippen molar-refractivity contribution < 1.29 is 22.7 Å². The van der Waals surface area contributed by atoms with Crippen LogP contribution in [-0.2, 0) is 28.7 Å². The number of benzene rings is 2. The second-order valence-electron chi connectivity index (χ2n) is 7.47. The van der Waals surface area contributed by atoms with Crippen molar-refractivity contribution >= 4 is 29.3 Å². The van der Waals surface area contributed by atoms with E-state index < -0.39 is 23.6 Å². The number of Topliss-reactive ketones (excluding diaryl/α,β-unsaturated/α-hetero) is 1. The lowest BCUT2D eigenvalue weighted by Gasteiger charge is -2.20. The molecule has 0 unspecified atom stereocenters. The fraction of sp³-hybridized carbons (Fsp3) is 0.250.